The van der Waals surface area contributed by atoms with Crippen LogP contribution in [0.25, 0.3) is 28.0 Å². The van der Waals surface area contributed by atoms with E-state index in [4.69, 9.17) is 0 Å². The molecule has 0 saturated heterocycles. The van der Waals surface area contributed by atoms with Crippen LogP contribution in [0, 0.1) is 5.82 Å². The first-order valence-corrected chi connectivity index (χ1v) is 8.22. The Morgan fingerprint density at radius 2 is 1.93 bits per heavy atom. The van der Waals surface area contributed by atoms with Crippen molar-refractivity contribution in [3.63, 3.8) is 0 Å². The molecule has 0 aliphatic carbocycles. The molecule has 8 heteroatoms. The van der Waals surface area contributed by atoms with Gasteiger partial charge in [0.25, 0.3) is 0 Å². The molecule has 0 atom stereocenters. The summed E-state index contributed by atoms with van der Waals surface area (Å²) in [5.74, 6) is -0.372. The summed E-state index contributed by atoms with van der Waals surface area (Å²) in [6.07, 6.45) is 8.58. The molecule has 4 rings (SSSR count). The number of halogens is 2. The molecule has 5 nitrogen and oxygen atoms in total. The van der Waals surface area contributed by atoms with Gasteiger partial charge in [-0.05, 0) is 35.4 Å². The number of nitrogens with zero attached hydrogens (tertiary/aromatic N) is 3. The summed E-state index contributed by atoms with van der Waals surface area (Å²) in [7, 11) is 0. The smallest absolute Gasteiger partial charge is 0.870 e. The quantitative estimate of drug-likeness (QED) is 0.347. The van der Waals surface area contributed by atoms with E-state index in [1.165, 1.54) is 6.07 Å². The number of imidazole rings is 1. The molecule has 0 aliphatic rings. The fourth-order valence-corrected chi connectivity index (χ4v) is 3.05. The summed E-state index contributed by atoms with van der Waals surface area (Å²) in [5, 5.41) is 0. The van der Waals surface area contributed by atoms with Crippen LogP contribution in [-0.4, -0.2) is 26.1 Å². The predicted octanol–water partition coefficient (Wildman–Crippen LogP) is 1.25. The number of carbonyl (C=O) groups excluding carboxylic acids is 1. The van der Waals surface area contributed by atoms with Gasteiger partial charge in [0.1, 0.15) is 11.5 Å². The van der Waals surface area contributed by atoms with Crippen LogP contribution in [0.3, 0.4) is 0 Å². The summed E-state index contributed by atoms with van der Waals surface area (Å²) in [4.78, 5) is 19.8. The van der Waals surface area contributed by atoms with Crippen LogP contribution >= 0.6 is 15.9 Å². The van der Waals surface area contributed by atoms with E-state index in [0.29, 0.717) is 26.9 Å². The number of aromatic nitrogens is 3. The molecule has 130 valence electrons. The van der Waals surface area contributed by atoms with Crippen molar-refractivity contribution in [2.45, 2.75) is 0 Å². The van der Waals surface area contributed by atoms with E-state index in [2.05, 4.69) is 25.9 Å². The molecule has 0 spiro atoms. The van der Waals surface area contributed by atoms with Gasteiger partial charge in [0.05, 0.1) is 12.0 Å². The molecule has 3 aromatic heterocycles. The SMILES string of the molecule is O=[C-]c1cc(-c2cccnc2)c2nc(-c3ccc(Br)cc3F)cn2c1.[K+].[OH-]. The molecule has 0 unspecified atom stereocenters. The standard InChI is InChI=1S/C19H10BrFN3O.K.H2O/c20-14-3-4-15(17(21)7-14)18-10-24-9-12(11-25)6-16(19(24)23-18)13-2-1-5-22-8-13;;/h1-10H;;1H2/q-1;+1;/p-1. The summed E-state index contributed by atoms with van der Waals surface area (Å²) >= 11 is 3.25. The average Bonchev–Trinajstić information content (AvgIpc) is 3.05. The van der Waals surface area contributed by atoms with Crippen LogP contribution in [0.2, 0.25) is 0 Å². The van der Waals surface area contributed by atoms with Crippen molar-refractivity contribution in [1.82, 2.24) is 14.4 Å². The molecule has 0 aliphatic heterocycles. The van der Waals surface area contributed by atoms with Crippen molar-refractivity contribution in [2.24, 2.45) is 0 Å². The fraction of sp³-hybridized carbons (Fsp3) is 0. The number of pyridine rings is 2. The Morgan fingerprint density at radius 1 is 1.11 bits per heavy atom. The van der Waals surface area contributed by atoms with Gasteiger partial charge >= 0.3 is 51.4 Å². The first-order chi connectivity index (χ1) is 12.2. The van der Waals surface area contributed by atoms with Crippen LogP contribution in [0.4, 0.5) is 4.39 Å². The third-order valence-corrected chi connectivity index (χ3v) is 4.34. The molecule has 1 N–H and O–H groups in total. The van der Waals surface area contributed by atoms with Gasteiger partial charge in [-0.25, -0.2) is 9.37 Å². The van der Waals surface area contributed by atoms with Crippen molar-refractivity contribution in [2.75, 3.05) is 0 Å². The molecule has 0 radical (unpaired) electrons. The number of hydrogen-bond donors (Lipinski definition) is 0. The molecule has 3 heterocycles. The molecule has 0 amide bonds. The van der Waals surface area contributed by atoms with E-state index in [1.807, 2.05) is 12.4 Å². The minimum absolute atomic E-state index is 0. The zero-order chi connectivity index (χ0) is 17.4. The second kappa shape index (κ2) is 9.29. The Balaban J connectivity index is 0.00000131. The van der Waals surface area contributed by atoms with Crippen LogP contribution < -0.4 is 51.4 Å². The van der Waals surface area contributed by atoms with Crippen LogP contribution in [-0.2, 0) is 4.79 Å². The number of benzene rings is 1. The van der Waals surface area contributed by atoms with Gasteiger partial charge in [-0.15, -0.1) is 11.6 Å². The monoisotopic (exact) mass is 450 g/mol. The Hall–Kier alpha value is -1.26. The van der Waals surface area contributed by atoms with Crippen molar-refractivity contribution in [1.29, 1.82) is 0 Å². The van der Waals surface area contributed by atoms with Gasteiger partial charge in [-0.1, -0.05) is 28.2 Å². The van der Waals surface area contributed by atoms with Crippen molar-refractivity contribution >= 4 is 27.9 Å². The number of fused-ring (bicyclic) bond motifs is 1. The van der Waals surface area contributed by atoms with Crippen LogP contribution in [0.5, 0.6) is 0 Å². The zero-order valence-corrected chi connectivity index (χ0v) is 18.9. The maximum absolute atomic E-state index is 14.3. The van der Waals surface area contributed by atoms with Crippen molar-refractivity contribution < 1.29 is 66.0 Å². The molecule has 27 heavy (non-hydrogen) atoms. The van der Waals surface area contributed by atoms with E-state index in [0.717, 1.165) is 11.1 Å². The minimum atomic E-state index is -0.372. The van der Waals surface area contributed by atoms with Gasteiger partial charge in [0.15, 0.2) is 0 Å². The Kier molecular flexibility index (Phi) is 7.58. The predicted molar refractivity (Wildman–Crippen MR) is 98.2 cm³/mol. The van der Waals surface area contributed by atoms with Gasteiger partial charge in [0.2, 0.25) is 0 Å². The average molecular weight is 451 g/mol. The van der Waals surface area contributed by atoms with E-state index in [9.17, 15) is 9.18 Å². The summed E-state index contributed by atoms with van der Waals surface area (Å²) in [6.45, 7) is 0. The zero-order valence-electron chi connectivity index (χ0n) is 14.2. The van der Waals surface area contributed by atoms with Crippen LogP contribution in [0.15, 0.2) is 65.7 Å². The normalized spacial score (nSPS) is 10.1. The molecular weight excluding hydrogens is 440 g/mol. The molecular formula is C19H11BrFKN3O2-. The summed E-state index contributed by atoms with van der Waals surface area (Å²) < 4.78 is 16.6. The fourth-order valence-electron chi connectivity index (χ4n) is 2.72. The molecule has 1 aromatic carbocycles. The second-order valence-corrected chi connectivity index (χ2v) is 6.38. The van der Waals surface area contributed by atoms with Crippen LogP contribution in [0.1, 0.15) is 5.56 Å². The van der Waals surface area contributed by atoms with Gasteiger partial charge in [0, 0.05) is 28.6 Å². The van der Waals surface area contributed by atoms with Gasteiger partial charge in [-0.2, -0.15) is 0 Å². The summed E-state index contributed by atoms with van der Waals surface area (Å²) in [5.41, 5.74) is 3.42. The number of rotatable bonds is 3. The third kappa shape index (κ3) is 4.43. The van der Waals surface area contributed by atoms with E-state index in [1.54, 1.807) is 53.5 Å². The van der Waals surface area contributed by atoms with Gasteiger partial charge < -0.3 is 14.7 Å². The van der Waals surface area contributed by atoms with E-state index in [-0.39, 0.29) is 62.7 Å². The maximum atomic E-state index is 14.3. The third-order valence-electron chi connectivity index (χ3n) is 3.85. The Labute approximate surface area is 205 Å². The van der Waals surface area contributed by atoms with Crippen molar-refractivity contribution in [3.8, 4) is 22.4 Å². The first kappa shape index (κ1) is 22.0. The van der Waals surface area contributed by atoms with E-state index < -0.39 is 0 Å². The van der Waals surface area contributed by atoms with Crippen molar-refractivity contribution in [3.05, 3.63) is 77.0 Å². The summed E-state index contributed by atoms with van der Waals surface area (Å²) in [6, 6.07) is 10.2. The minimum Gasteiger partial charge on any atom is -0.870 e. The topological polar surface area (TPSA) is 77.3 Å². The maximum Gasteiger partial charge on any atom is 1.00 e. The van der Waals surface area contributed by atoms with E-state index >= 15 is 0 Å². The largest absolute Gasteiger partial charge is 1.00 e. The molecule has 4 aromatic rings. The number of hydrogen-bond acceptors (Lipinski definition) is 4. The Morgan fingerprint density at radius 3 is 2.59 bits per heavy atom. The molecule has 0 bridgehead atoms. The van der Waals surface area contributed by atoms with Gasteiger partial charge in [-0.3, -0.25) is 4.98 Å². The Bertz CT molecular complexity index is 1100. The molecule has 0 saturated carbocycles. The first-order valence-electron chi connectivity index (χ1n) is 7.42. The second-order valence-electron chi connectivity index (χ2n) is 5.47. The molecule has 0 fully saturated rings.